The number of H-pyrrole nitrogens is 1. The van der Waals surface area contributed by atoms with Crippen LogP contribution in [-0.2, 0) is 4.79 Å². The number of rotatable bonds is 6. The first-order valence-corrected chi connectivity index (χ1v) is 7.68. The van der Waals surface area contributed by atoms with Crippen molar-refractivity contribution in [2.75, 3.05) is 14.1 Å². The summed E-state index contributed by atoms with van der Waals surface area (Å²) in [6.07, 6.45) is 6.67. The van der Waals surface area contributed by atoms with Gasteiger partial charge in [-0.05, 0) is 12.1 Å². The number of benzene rings is 1. The molecular weight excluding hydrogens is 313 g/mol. The van der Waals surface area contributed by atoms with Crippen molar-refractivity contribution in [1.82, 2.24) is 9.88 Å². The predicted molar refractivity (Wildman–Crippen MR) is 92.6 cm³/mol. The van der Waals surface area contributed by atoms with Gasteiger partial charge in [0.2, 0.25) is 5.91 Å². The zero-order valence-corrected chi connectivity index (χ0v) is 17.8. The fourth-order valence-electron chi connectivity index (χ4n) is 2.54. The second-order valence-corrected chi connectivity index (χ2v) is 5.64. The Labute approximate surface area is 181 Å². The second-order valence-electron chi connectivity index (χ2n) is 5.64. The number of nitrogens with zero attached hydrogens (tertiary/aromatic N) is 2. The van der Waals surface area contributed by atoms with E-state index in [-0.39, 0.29) is 69.3 Å². The SMILES string of the molecule is CCC(C)[C@H]([N-]C)C(=O)N(C)/C=C\c1c[nH]c2ccccc12.[K+]. The first-order chi connectivity index (χ1) is 10.6. The van der Waals surface area contributed by atoms with E-state index in [4.69, 9.17) is 0 Å². The van der Waals surface area contributed by atoms with E-state index in [0.29, 0.717) is 0 Å². The van der Waals surface area contributed by atoms with Crippen molar-refractivity contribution in [2.24, 2.45) is 5.92 Å². The zero-order valence-electron chi connectivity index (χ0n) is 14.7. The molecular formula is C18H24KN3O. The van der Waals surface area contributed by atoms with Crippen LogP contribution in [0.2, 0.25) is 0 Å². The number of aromatic nitrogens is 1. The number of carbonyl (C=O) groups is 1. The van der Waals surface area contributed by atoms with Crippen LogP contribution in [0.3, 0.4) is 0 Å². The van der Waals surface area contributed by atoms with Crippen molar-refractivity contribution in [3.63, 3.8) is 0 Å². The van der Waals surface area contributed by atoms with Gasteiger partial charge in [0.1, 0.15) is 0 Å². The van der Waals surface area contributed by atoms with Gasteiger partial charge in [-0.2, -0.15) is 7.05 Å². The van der Waals surface area contributed by atoms with Crippen LogP contribution < -0.4 is 51.4 Å². The molecule has 4 nitrogen and oxygen atoms in total. The maximum atomic E-state index is 12.5. The Bertz CT molecular complexity index is 665. The molecule has 2 atom stereocenters. The molecule has 0 aliphatic heterocycles. The molecule has 1 heterocycles. The summed E-state index contributed by atoms with van der Waals surface area (Å²) in [5.41, 5.74) is 2.17. The number of hydrogen-bond donors (Lipinski definition) is 1. The van der Waals surface area contributed by atoms with E-state index in [2.05, 4.69) is 30.2 Å². The van der Waals surface area contributed by atoms with Gasteiger partial charge in [0.25, 0.3) is 0 Å². The Morgan fingerprint density at radius 3 is 2.74 bits per heavy atom. The van der Waals surface area contributed by atoms with Crippen molar-refractivity contribution >= 4 is 22.9 Å². The van der Waals surface area contributed by atoms with Crippen molar-refractivity contribution in [3.8, 4) is 0 Å². The molecule has 1 N–H and O–H groups in total. The van der Waals surface area contributed by atoms with Gasteiger partial charge in [0.15, 0.2) is 0 Å². The van der Waals surface area contributed by atoms with Crippen LogP contribution in [-0.4, -0.2) is 35.9 Å². The van der Waals surface area contributed by atoms with E-state index >= 15 is 0 Å². The van der Waals surface area contributed by atoms with Crippen molar-refractivity contribution in [1.29, 1.82) is 0 Å². The third-order valence-electron chi connectivity index (χ3n) is 4.16. The minimum absolute atomic E-state index is 0. The van der Waals surface area contributed by atoms with Gasteiger partial charge in [-0.1, -0.05) is 50.4 Å². The Balaban J connectivity index is 0.00000264. The molecule has 0 aliphatic rings. The summed E-state index contributed by atoms with van der Waals surface area (Å²) in [7, 11) is 3.50. The number of aromatic amines is 1. The maximum absolute atomic E-state index is 12.5. The summed E-state index contributed by atoms with van der Waals surface area (Å²) in [5, 5.41) is 5.39. The zero-order chi connectivity index (χ0) is 16.1. The quantitative estimate of drug-likeness (QED) is 0.786. The fraction of sp³-hybridized carbons (Fsp3) is 0.389. The van der Waals surface area contributed by atoms with Crippen LogP contribution in [0.5, 0.6) is 0 Å². The van der Waals surface area contributed by atoms with E-state index in [1.165, 1.54) is 0 Å². The molecule has 0 radical (unpaired) electrons. The number of amides is 1. The molecule has 0 bridgehead atoms. The molecule has 1 aromatic heterocycles. The molecule has 2 rings (SSSR count). The summed E-state index contributed by atoms with van der Waals surface area (Å²) in [5.74, 6) is 0.286. The maximum Gasteiger partial charge on any atom is 1.00 e. The fourth-order valence-corrected chi connectivity index (χ4v) is 2.54. The number of carbonyl (C=O) groups excluding carboxylic acids is 1. The molecule has 0 spiro atoms. The topological polar surface area (TPSA) is 50.2 Å². The largest absolute Gasteiger partial charge is 1.00 e. The summed E-state index contributed by atoms with van der Waals surface area (Å²) in [6.45, 7) is 4.14. The Morgan fingerprint density at radius 1 is 1.39 bits per heavy atom. The van der Waals surface area contributed by atoms with Crippen molar-refractivity contribution < 1.29 is 56.2 Å². The molecule has 5 heteroatoms. The van der Waals surface area contributed by atoms with Crippen LogP contribution in [0, 0.1) is 5.92 Å². The monoisotopic (exact) mass is 337 g/mol. The molecule has 0 fully saturated rings. The number of fused-ring (bicyclic) bond motifs is 1. The molecule has 1 unspecified atom stereocenters. The van der Waals surface area contributed by atoms with Crippen molar-refractivity contribution in [2.45, 2.75) is 26.3 Å². The Morgan fingerprint density at radius 2 is 2.09 bits per heavy atom. The summed E-state index contributed by atoms with van der Waals surface area (Å²) < 4.78 is 0. The second kappa shape index (κ2) is 9.76. The van der Waals surface area contributed by atoms with Gasteiger partial charge in [-0.25, -0.2) is 0 Å². The van der Waals surface area contributed by atoms with Crippen molar-refractivity contribution in [3.05, 3.63) is 47.5 Å². The molecule has 0 saturated heterocycles. The van der Waals surface area contributed by atoms with Crippen LogP contribution in [0.4, 0.5) is 0 Å². The van der Waals surface area contributed by atoms with Crippen LogP contribution >= 0.6 is 0 Å². The standard InChI is InChI=1S/C18H24N3O.K/c1-5-13(2)17(19-3)18(22)21(4)11-10-14-12-20-16-9-7-6-8-15(14)16;/h6-13,17,20H,5H2,1-4H3;/q-1;+1/b11-10-;/t13?,17-;/m0./s1. The number of likely N-dealkylation sites (N-methyl/N-ethyl adjacent to an activating group) is 2. The summed E-state index contributed by atoms with van der Waals surface area (Å²) >= 11 is 0. The average Bonchev–Trinajstić information content (AvgIpc) is 2.96. The summed E-state index contributed by atoms with van der Waals surface area (Å²) in [4.78, 5) is 17.3. The van der Waals surface area contributed by atoms with Crippen LogP contribution in [0.1, 0.15) is 25.8 Å². The molecule has 0 saturated carbocycles. The van der Waals surface area contributed by atoms with Gasteiger partial charge in [0, 0.05) is 35.9 Å². The minimum Gasteiger partial charge on any atom is -0.654 e. The molecule has 1 aromatic carbocycles. The molecule has 0 aliphatic carbocycles. The number of para-hydroxylation sites is 1. The van der Waals surface area contributed by atoms with Gasteiger partial charge in [-0.15, -0.1) is 0 Å². The van der Waals surface area contributed by atoms with E-state index < -0.39 is 0 Å². The predicted octanol–water partition coefficient (Wildman–Crippen LogP) is 1.02. The molecule has 118 valence electrons. The van der Waals surface area contributed by atoms with Crippen LogP contribution in [0.25, 0.3) is 22.3 Å². The Hall–Kier alpha value is -0.434. The number of nitrogens with one attached hydrogen (secondary N) is 1. The van der Waals surface area contributed by atoms with E-state index in [1.54, 1.807) is 19.0 Å². The minimum atomic E-state index is -0.275. The van der Waals surface area contributed by atoms with Crippen LogP contribution in [0.15, 0.2) is 36.7 Å². The first-order valence-electron chi connectivity index (χ1n) is 7.68. The molecule has 23 heavy (non-hydrogen) atoms. The Kier molecular flexibility index (Phi) is 8.75. The summed E-state index contributed by atoms with van der Waals surface area (Å²) in [6, 6.07) is 7.84. The third kappa shape index (κ3) is 5.02. The average molecular weight is 338 g/mol. The van der Waals surface area contributed by atoms with E-state index in [0.717, 1.165) is 22.9 Å². The van der Waals surface area contributed by atoms with Gasteiger partial charge < -0.3 is 15.2 Å². The van der Waals surface area contributed by atoms with Gasteiger partial charge in [-0.3, -0.25) is 4.79 Å². The normalized spacial score (nSPS) is 13.7. The van der Waals surface area contributed by atoms with Gasteiger partial charge in [0.05, 0.1) is 0 Å². The van der Waals surface area contributed by atoms with E-state index in [9.17, 15) is 4.79 Å². The number of hydrogen-bond acceptors (Lipinski definition) is 1. The third-order valence-corrected chi connectivity index (χ3v) is 4.16. The van der Waals surface area contributed by atoms with E-state index in [1.807, 2.05) is 36.7 Å². The first kappa shape index (κ1) is 20.6. The molecule has 1 amide bonds. The van der Waals surface area contributed by atoms with Gasteiger partial charge >= 0.3 is 51.4 Å². The smallest absolute Gasteiger partial charge is 0.654 e. The molecule has 2 aromatic rings.